The summed E-state index contributed by atoms with van der Waals surface area (Å²) >= 11 is 0. The lowest BCUT2D eigenvalue weighted by Gasteiger charge is -2.02. The van der Waals surface area contributed by atoms with Crippen LogP contribution in [0.2, 0.25) is 0 Å². The van der Waals surface area contributed by atoms with Crippen LogP contribution >= 0.6 is 0 Å². The molecule has 0 aliphatic carbocycles. The van der Waals surface area contributed by atoms with Crippen molar-refractivity contribution >= 4 is 0 Å². The van der Waals surface area contributed by atoms with Crippen molar-refractivity contribution in [3.8, 4) is 11.3 Å². The van der Waals surface area contributed by atoms with Crippen molar-refractivity contribution < 1.29 is 0 Å². The zero-order valence-electron chi connectivity index (χ0n) is 11.4. The fourth-order valence-corrected chi connectivity index (χ4v) is 2.34. The van der Waals surface area contributed by atoms with Crippen molar-refractivity contribution in [2.75, 3.05) is 0 Å². The topological polar surface area (TPSA) is 17.8 Å². The molecule has 0 bridgehead atoms. The summed E-state index contributed by atoms with van der Waals surface area (Å²) in [6.07, 6.45) is 4.27. The Morgan fingerprint density at radius 2 is 1.50 bits per heavy atom. The van der Waals surface area contributed by atoms with E-state index >= 15 is 0 Å². The summed E-state index contributed by atoms with van der Waals surface area (Å²) in [5.74, 6) is 0. The van der Waals surface area contributed by atoms with Crippen LogP contribution in [0.25, 0.3) is 11.3 Å². The van der Waals surface area contributed by atoms with Crippen LogP contribution in [0.1, 0.15) is 12.0 Å². The average molecular weight is 262 g/mol. The van der Waals surface area contributed by atoms with Crippen LogP contribution in [0.3, 0.4) is 0 Å². The fraction of sp³-hybridized carbons (Fsp3) is 0.167. The van der Waals surface area contributed by atoms with Crippen LogP contribution in [0, 0.1) is 0 Å². The molecule has 20 heavy (non-hydrogen) atoms. The number of aryl methyl sites for hydroxylation is 2. The molecule has 0 unspecified atom stereocenters. The maximum atomic E-state index is 4.63. The molecular formula is C18H18N2. The minimum absolute atomic E-state index is 0.960. The molecule has 0 amide bonds. The van der Waals surface area contributed by atoms with E-state index in [-0.39, 0.29) is 0 Å². The number of aromatic nitrogens is 2. The minimum Gasteiger partial charge on any atom is -0.272 e. The number of benzene rings is 2. The summed E-state index contributed by atoms with van der Waals surface area (Å²) in [4.78, 5) is 0. The van der Waals surface area contributed by atoms with Crippen molar-refractivity contribution in [2.24, 2.45) is 0 Å². The lowest BCUT2D eigenvalue weighted by molar-refractivity contribution is 0.580. The van der Waals surface area contributed by atoms with Gasteiger partial charge in [0.15, 0.2) is 0 Å². The van der Waals surface area contributed by atoms with E-state index in [1.54, 1.807) is 0 Å². The molecule has 3 aromatic rings. The molecule has 0 atom stereocenters. The lowest BCUT2D eigenvalue weighted by atomic mass is 10.1. The maximum absolute atomic E-state index is 4.63. The van der Waals surface area contributed by atoms with Crippen molar-refractivity contribution in [1.29, 1.82) is 0 Å². The van der Waals surface area contributed by atoms with Gasteiger partial charge in [-0.1, -0.05) is 60.7 Å². The van der Waals surface area contributed by atoms with Crippen LogP contribution in [0.15, 0.2) is 72.9 Å². The van der Waals surface area contributed by atoms with Gasteiger partial charge in [-0.2, -0.15) is 5.10 Å². The minimum atomic E-state index is 0.960. The third kappa shape index (κ3) is 3.15. The average Bonchev–Trinajstić information content (AvgIpc) is 2.98. The van der Waals surface area contributed by atoms with Gasteiger partial charge in [0.25, 0.3) is 0 Å². The molecule has 1 aromatic heterocycles. The van der Waals surface area contributed by atoms with Crippen LogP contribution in [0.4, 0.5) is 0 Å². The molecule has 0 aliphatic heterocycles. The van der Waals surface area contributed by atoms with E-state index in [1.165, 1.54) is 11.1 Å². The van der Waals surface area contributed by atoms with E-state index < -0.39 is 0 Å². The van der Waals surface area contributed by atoms with Crippen LogP contribution in [-0.2, 0) is 13.0 Å². The first-order valence-electron chi connectivity index (χ1n) is 7.04. The Bertz CT molecular complexity index is 641. The van der Waals surface area contributed by atoms with Crippen molar-refractivity contribution in [3.05, 3.63) is 78.5 Å². The highest BCUT2D eigenvalue weighted by Crippen LogP contribution is 2.16. The molecular weight excluding hydrogens is 244 g/mol. The van der Waals surface area contributed by atoms with Gasteiger partial charge < -0.3 is 0 Å². The summed E-state index contributed by atoms with van der Waals surface area (Å²) in [5, 5.41) is 4.63. The molecule has 0 saturated carbocycles. The van der Waals surface area contributed by atoms with Gasteiger partial charge in [-0.05, 0) is 24.5 Å². The third-order valence-electron chi connectivity index (χ3n) is 3.41. The predicted molar refractivity (Wildman–Crippen MR) is 82.4 cm³/mol. The Labute approximate surface area is 119 Å². The monoisotopic (exact) mass is 262 g/mol. The molecule has 0 N–H and O–H groups in total. The van der Waals surface area contributed by atoms with Crippen molar-refractivity contribution in [2.45, 2.75) is 19.4 Å². The SMILES string of the molecule is c1ccc(CCCn2ccc(-c3ccccc3)n2)cc1. The first kappa shape index (κ1) is 12.7. The molecule has 0 spiro atoms. The highest BCUT2D eigenvalue weighted by atomic mass is 15.3. The van der Waals surface area contributed by atoms with Gasteiger partial charge in [-0.25, -0.2) is 0 Å². The molecule has 0 aliphatic rings. The standard InChI is InChI=1S/C18H18N2/c1-3-8-16(9-4-1)10-7-14-20-15-13-18(19-20)17-11-5-2-6-12-17/h1-6,8-9,11-13,15H,7,10,14H2. The number of hydrogen-bond acceptors (Lipinski definition) is 1. The van der Waals surface area contributed by atoms with E-state index in [9.17, 15) is 0 Å². The third-order valence-corrected chi connectivity index (χ3v) is 3.41. The molecule has 3 rings (SSSR count). The smallest absolute Gasteiger partial charge is 0.0923 e. The van der Waals surface area contributed by atoms with Gasteiger partial charge in [0.05, 0.1) is 5.69 Å². The van der Waals surface area contributed by atoms with E-state index in [4.69, 9.17) is 0 Å². The molecule has 1 heterocycles. The Balaban J connectivity index is 1.58. The second-order valence-electron chi connectivity index (χ2n) is 4.92. The zero-order chi connectivity index (χ0) is 13.6. The molecule has 2 nitrogen and oxygen atoms in total. The summed E-state index contributed by atoms with van der Waals surface area (Å²) < 4.78 is 2.03. The Kier molecular flexibility index (Phi) is 3.93. The second kappa shape index (κ2) is 6.20. The van der Waals surface area contributed by atoms with Crippen LogP contribution < -0.4 is 0 Å². The van der Waals surface area contributed by atoms with Crippen molar-refractivity contribution in [3.63, 3.8) is 0 Å². The Morgan fingerprint density at radius 3 is 2.25 bits per heavy atom. The largest absolute Gasteiger partial charge is 0.272 e. The van der Waals surface area contributed by atoms with Gasteiger partial charge in [-0.3, -0.25) is 4.68 Å². The molecule has 0 radical (unpaired) electrons. The quantitative estimate of drug-likeness (QED) is 0.674. The lowest BCUT2D eigenvalue weighted by Crippen LogP contribution is -2.00. The van der Waals surface area contributed by atoms with Crippen LogP contribution in [0.5, 0.6) is 0 Å². The number of nitrogens with zero attached hydrogens (tertiary/aromatic N) is 2. The number of rotatable bonds is 5. The molecule has 100 valence electrons. The van der Waals surface area contributed by atoms with E-state index in [0.717, 1.165) is 25.1 Å². The van der Waals surface area contributed by atoms with Gasteiger partial charge in [-0.15, -0.1) is 0 Å². The zero-order valence-corrected chi connectivity index (χ0v) is 11.4. The highest BCUT2D eigenvalue weighted by Gasteiger charge is 2.01. The highest BCUT2D eigenvalue weighted by molar-refractivity contribution is 5.57. The molecule has 2 heteroatoms. The maximum Gasteiger partial charge on any atom is 0.0923 e. The number of hydrogen-bond donors (Lipinski definition) is 0. The fourth-order valence-electron chi connectivity index (χ4n) is 2.34. The van der Waals surface area contributed by atoms with Gasteiger partial charge in [0, 0.05) is 18.3 Å². The first-order valence-corrected chi connectivity index (χ1v) is 7.04. The summed E-state index contributed by atoms with van der Waals surface area (Å²) in [7, 11) is 0. The van der Waals surface area contributed by atoms with E-state index in [1.807, 2.05) is 22.9 Å². The summed E-state index contributed by atoms with van der Waals surface area (Å²) in [5.41, 5.74) is 3.61. The Morgan fingerprint density at radius 1 is 0.800 bits per heavy atom. The summed E-state index contributed by atoms with van der Waals surface area (Å²) in [6, 6.07) is 23.0. The molecule has 0 saturated heterocycles. The normalized spacial score (nSPS) is 10.6. The van der Waals surface area contributed by atoms with Crippen molar-refractivity contribution in [1.82, 2.24) is 9.78 Å². The molecule has 2 aromatic carbocycles. The first-order chi connectivity index (χ1) is 9.92. The van der Waals surface area contributed by atoms with Gasteiger partial charge in [0.2, 0.25) is 0 Å². The predicted octanol–water partition coefficient (Wildman–Crippen LogP) is 4.18. The van der Waals surface area contributed by atoms with Gasteiger partial charge in [0.1, 0.15) is 0 Å². The van der Waals surface area contributed by atoms with Crippen LogP contribution in [-0.4, -0.2) is 9.78 Å². The second-order valence-corrected chi connectivity index (χ2v) is 4.92. The van der Waals surface area contributed by atoms with Gasteiger partial charge >= 0.3 is 0 Å². The van der Waals surface area contributed by atoms with E-state index in [0.29, 0.717) is 0 Å². The molecule has 0 fully saturated rings. The Hall–Kier alpha value is -2.35. The summed E-state index contributed by atoms with van der Waals surface area (Å²) in [6.45, 7) is 0.960. The van der Waals surface area contributed by atoms with E-state index in [2.05, 4.69) is 59.8 Å².